The Morgan fingerprint density at radius 1 is 0.765 bits per heavy atom. The molecule has 0 amide bonds. The van der Waals surface area contributed by atoms with Gasteiger partial charge in [0.1, 0.15) is 0 Å². The Morgan fingerprint density at radius 3 is 1.88 bits per heavy atom. The maximum Gasteiger partial charge on any atom is 0.0781 e. The predicted molar refractivity (Wildman–Crippen MR) is 62.0 cm³/mol. The molecule has 0 aromatic heterocycles. The van der Waals surface area contributed by atoms with Crippen LogP contribution in [0.25, 0.3) is 0 Å². The molecule has 0 heterocycles. The summed E-state index contributed by atoms with van der Waals surface area (Å²) in [6, 6.07) is 0. The van der Waals surface area contributed by atoms with Crippen LogP contribution in [0, 0.1) is 0 Å². The Labute approximate surface area is 102 Å². The topological polar surface area (TPSA) is 77.4 Å². The van der Waals surface area contributed by atoms with E-state index in [1.165, 1.54) is 0 Å². The van der Waals surface area contributed by atoms with Crippen LogP contribution in [-0.4, -0.2) is 75.8 Å². The lowest BCUT2D eigenvalue weighted by Gasteiger charge is -2.13. The van der Waals surface area contributed by atoms with Gasteiger partial charge in [-0.05, 0) is 6.92 Å². The van der Waals surface area contributed by atoms with E-state index in [4.69, 9.17) is 29.2 Å². The molecule has 0 saturated carbocycles. The molecule has 0 saturated heterocycles. The molecule has 6 heteroatoms. The molecule has 17 heavy (non-hydrogen) atoms. The van der Waals surface area contributed by atoms with Crippen LogP contribution in [0.2, 0.25) is 0 Å². The van der Waals surface area contributed by atoms with E-state index in [2.05, 4.69) is 0 Å². The number of aliphatic hydroxyl groups is 2. The molecule has 1 atom stereocenters. The summed E-state index contributed by atoms with van der Waals surface area (Å²) in [5.41, 5.74) is 0. The Morgan fingerprint density at radius 2 is 1.29 bits per heavy atom. The maximum absolute atomic E-state index is 8.47. The molecule has 1 unspecified atom stereocenters. The summed E-state index contributed by atoms with van der Waals surface area (Å²) in [7, 11) is 0. The van der Waals surface area contributed by atoms with Crippen LogP contribution < -0.4 is 0 Å². The van der Waals surface area contributed by atoms with Gasteiger partial charge >= 0.3 is 0 Å². The zero-order valence-corrected chi connectivity index (χ0v) is 10.5. The van der Waals surface area contributed by atoms with Gasteiger partial charge in [-0.25, -0.2) is 0 Å². The Balaban J connectivity index is 3.09. The van der Waals surface area contributed by atoms with Crippen molar-refractivity contribution in [1.29, 1.82) is 0 Å². The van der Waals surface area contributed by atoms with E-state index in [0.29, 0.717) is 46.2 Å². The highest BCUT2D eigenvalue weighted by molar-refractivity contribution is 4.47. The summed E-state index contributed by atoms with van der Waals surface area (Å²) in [5.74, 6) is 0. The van der Waals surface area contributed by atoms with Crippen molar-refractivity contribution in [1.82, 2.24) is 0 Å². The van der Waals surface area contributed by atoms with Gasteiger partial charge in [-0.1, -0.05) is 0 Å². The van der Waals surface area contributed by atoms with Gasteiger partial charge in [-0.2, -0.15) is 0 Å². The van der Waals surface area contributed by atoms with E-state index in [9.17, 15) is 0 Å². The fourth-order valence-electron chi connectivity index (χ4n) is 1.06. The van der Waals surface area contributed by atoms with Gasteiger partial charge in [-0.15, -0.1) is 0 Å². The third-order valence-corrected chi connectivity index (χ3v) is 1.83. The molecule has 0 bridgehead atoms. The first-order valence-corrected chi connectivity index (χ1v) is 5.87. The maximum atomic E-state index is 8.47. The number of hydrogen-bond acceptors (Lipinski definition) is 6. The van der Waals surface area contributed by atoms with Crippen LogP contribution in [0.15, 0.2) is 0 Å². The van der Waals surface area contributed by atoms with E-state index in [0.717, 1.165) is 0 Å². The molecule has 0 aromatic carbocycles. The highest BCUT2D eigenvalue weighted by Crippen LogP contribution is 1.92. The average molecular weight is 252 g/mol. The SMILES string of the molecule is CC(COCCOCCO)OCCOCCO. The summed E-state index contributed by atoms with van der Waals surface area (Å²) < 4.78 is 20.8. The van der Waals surface area contributed by atoms with Crippen molar-refractivity contribution in [3.05, 3.63) is 0 Å². The molecule has 0 aromatic rings. The summed E-state index contributed by atoms with van der Waals surface area (Å²) >= 11 is 0. The van der Waals surface area contributed by atoms with E-state index in [1.54, 1.807) is 0 Å². The number of ether oxygens (including phenoxy) is 4. The van der Waals surface area contributed by atoms with E-state index >= 15 is 0 Å². The molecule has 0 aliphatic heterocycles. The van der Waals surface area contributed by atoms with E-state index < -0.39 is 0 Å². The highest BCUT2D eigenvalue weighted by Gasteiger charge is 2.01. The quantitative estimate of drug-likeness (QED) is 0.427. The molecule has 2 N–H and O–H groups in total. The predicted octanol–water partition coefficient (Wildman–Crippen LogP) is -0.574. The third-order valence-electron chi connectivity index (χ3n) is 1.83. The summed E-state index contributed by atoms with van der Waals surface area (Å²) in [6.45, 7) is 5.12. The summed E-state index contributed by atoms with van der Waals surface area (Å²) in [4.78, 5) is 0. The van der Waals surface area contributed by atoms with Crippen LogP contribution >= 0.6 is 0 Å². The minimum Gasteiger partial charge on any atom is -0.394 e. The normalized spacial score (nSPS) is 12.9. The second-order valence-electron chi connectivity index (χ2n) is 3.43. The molecule has 6 nitrogen and oxygen atoms in total. The number of aliphatic hydroxyl groups excluding tert-OH is 2. The number of hydrogen-bond donors (Lipinski definition) is 2. The van der Waals surface area contributed by atoms with Gasteiger partial charge < -0.3 is 29.2 Å². The first-order chi connectivity index (χ1) is 8.31. The van der Waals surface area contributed by atoms with E-state index in [1.807, 2.05) is 6.92 Å². The second kappa shape index (κ2) is 13.8. The van der Waals surface area contributed by atoms with Crippen molar-refractivity contribution in [2.45, 2.75) is 13.0 Å². The van der Waals surface area contributed by atoms with Crippen LogP contribution in [-0.2, 0) is 18.9 Å². The Bertz CT molecular complexity index is 144. The molecule has 0 rings (SSSR count). The molecule has 0 fully saturated rings. The molecule has 0 radical (unpaired) electrons. The molecule has 0 spiro atoms. The standard InChI is InChI=1S/C11H24O6/c1-11(17-9-8-15-5-3-13)10-16-7-6-14-4-2-12/h11-13H,2-10H2,1H3. The van der Waals surface area contributed by atoms with Crippen LogP contribution in [0.4, 0.5) is 0 Å². The minimum atomic E-state index is 0.00516. The second-order valence-corrected chi connectivity index (χ2v) is 3.43. The summed E-state index contributed by atoms with van der Waals surface area (Å²) in [5, 5.41) is 16.9. The molecular weight excluding hydrogens is 228 g/mol. The van der Waals surface area contributed by atoms with Crippen molar-refractivity contribution < 1.29 is 29.2 Å². The van der Waals surface area contributed by atoms with Crippen molar-refractivity contribution in [2.24, 2.45) is 0 Å². The van der Waals surface area contributed by atoms with Crippen molar-refractivity contribution in [2.75, 3.05) is 59.5 Å². The van der Waals surface area contributed by atoms with Crippen LogP contribution in [0.5, 0.6) is 0 Å². The third kappa shape index (κ3) is 13.7. The minimum absolute atomic E-state index is 0.00516. The lowest BCUT2D eigenvalue weighted by atomic mass is 10.4. The molecule has 104 valence electrons. The van der Waals surface area contributed by atoms with Crippen LogP contribution in [0.3, 0.4) is 0 Å². The van der Waals surface area contributed by atoms with Gasteiger partial charge in [0, 0.05) is 0 Å². The lowest BCUT2D eigenvalue weighted by Crippen LogP contribution is -2.20. The highest BCUT2D eigenvalue weighted by atomic mass is 16.6. The Kier molecular flexibility index (Phi) is 13.6. The zero-order valence-electron chi connectivity index (χ0n) is 10.5. The molecular formula is C11H24O6. The van der Waals surface area contributed by atoms with Gasteiger partial charge in [0.25, 0.3) is 0 Å². The molecule has 0 aliphatic rings. The van der Waals surface area contributed by atoms with Crippen molar-refractivity contribution >= 4 is 0 Å². The Hall–Kier alpha value is -0.240. The van der Waals surface area contributed by atoms with Crippen molar-refractivity contribution in [3.8, 4) is 0 Å². The van der Waals surface area contributed by atoms with Crippen LogP contribution in [0.1, 0.15) is 6.92 Å². The van der Waals surface area contributed by atoms with Gasteiger partial charge in [0.2, 0.25) is 0 Å². The van der Waals surface area contributed by atoms with Gasteiger partial charge in [-0.3, -0.25) is 0 Å². The van der Waals surface area contributed by atoms with Gasteiger partial charge in [0.05, 0.1) is 65.6 Å². The van der Waals surface area contributed by atoms with Gasteiger partial charge in [0.15, 0.2) is 0 Å². The number of rotatable bonds is 13. The van der Waals surface area contributed by atoms with Crippen molar-refractivity contribution in [3.63, 3.8) is 0 Å². The summed E-state index contributed by atoms with van der Waals surface area (Å²) in [6.07, 6.45) is 0.00516. The average Bonchev–Trinajstić information content (AvgIpc) is 2.33. The first-order valence-electron chi connectivity index (χ1n) is 5.87. The first kappa shape index (κ1) is 16.8. The van der Waals surface area contributed by atoms with E-state index in [-0.39, 0.29) is 19.3 Å². The molecule has 0 aliphatic carbocycles. The lowest BCUT2D eigenvalue weighted by molar-refractivity contribution is -0.0434. The fraction of sp³-hybridized carbons (Fsp3) is 1.00. The monoisotopic (exact) mass is 252 g/mol. The smallest absolute Gasteiger partial charge is 0.0781 e. The largest absolute Gasteiger partial charge is 0.394 e. The fourth-order valence-corrected chi connectivity index (χ4v) is 1.06. The zero-order chi connectivity index (χ0) is 12.8.